The molecule has 0 bridgehead atoms. The van der Waals surface area contributed by atoms with Crippen LogP contribution in [0.25, 0.3) is 0 Å². The van der Waals surface area contributed by atoms with E-state index in [0.717, 1.165) is 0 Å². The predicted octanol–water partition coefficient (Wildman–Crippen LogP) is 0.0498. The SMILES string of the molecule is CC(Cl)C(=O)O.[KH]. The summed E-state index contributed by atoms with van der Waals surface area (Å²) >= 11 is 5.01. The molecule has 0 fully saturated rings. The second-order valence-corrected chi connectivity index (χ2v) is 1.61. The van der Waals surface area contributed by atoms with E-state index in [0.29, 0.717) is 0 Å². The minimum absolute atomic E-state index is 0. The first kappa shape index (κ1) is 11.2. The molecule has 0 amide bonds. The molecule has 38 valence electrons. The Hall–Kier alpha value is 1.40. The van der Waals surface area contributed by atoms with Crippen LogP contribution in [0.3, 0.4) is 0 Å². The number of halogens is 1. The number of carboxylic acid groups (broad SMARTS) is 1. The van der Waals surface area contributed by atoms with Crippen LogP contribution in [-0.2, 0) is 4.79 Å². The third-order valence-corrected chi connectivity index (χ3v) is 0.527. The van der Waals surface area contributed by atoms with Gasteiger partial charge in [0.15, 0.2) is 0 Å². The quantitative estimate of drug-likeness (QED) is 0.422. The first-order valence-corrected chi connectivity index (χ1v) is 1.95. The summed E-state index contributed by atoms with van der Waals surface area (Å²) in [4.78, 5) is 9.57. The van der Waals surface area contributed by atoms with Crippen molar-refractivity contribution >= 4 is 69.0 Å². The number of carboxylic acids is 1. The fourth-order valence-electron chi connectivity index (χ4n) is 0. The summed E-state index contributed by atoms with van der Waals surface area (Å²) in [7, 11) is 0. The molecule has 0 aliphatic carbocycles. The molecule has 0 aromatic rings. The maximum absolute atomic E-state index is 9.57. The van der Waals surface area contributed by atoms with Gasteiger partial charge in [0.05, 0.1) is 0 Å². The number of hydrogen-bond acceptors (Lipinski definition) is 1. The Morgan fingerprint density at radius 3 is 2.00 bits per heavy atom. The average molecular weight is 149 g/mol. The molecule has 4 heteroatoms. The van der Waals surface area contributed by atoms with E-state index in [4.69, 9.17) is 16.7 Å². The van der Waals surface area contributed by atoms with Crippen LogP contribution in [0.5, 0.6) is 0 Å². The van der Waals surface area contributed by atoms with Crippen molar-refractivity contribution in [3.05, 3.63) is 0 Å². The van der Waals surface area contributed by atoms with E-state index >= 15 is 0 Å². The monoisotopic (exact) mass is 148 g/mol. The van der Waals surface area contributed by atoms with Crippen molar-refractivity contribution in [3.8, 4) is 0 Å². The molecule has 0 spiro atoms. The van der Waals surface area contributed by atoms with Crippen LogP contribution in [-0.4, -0.2) is 67.8 Å². The Morgan fingerprint density at radius 2 is 2.00 bits per heavy atom. The topological polar surface area (TPSA) is 37.3 Å². The van der Waals surface area contributed by atoms with Crippen LogP contribution in [0.15, 0.2) is 0 Å². The molecule has 2 nitrogen and oxygen atoms in total. The number of alkyl halides is 1. The van der Waals surface area contributed by atoms with Gasteiger partial charge in [-0.3, -0.25) is 4.79 Å². The molecule has 0 aliphatic heterocycles. The number of hydrogen-bond donors (Lipinski definition) is 1. The van der Waals surface area contributed by atoms with Gasteiger partial charge in [0.25, 0.3) is 0 Å². The third-order valence-electron chi connectivity index (χ3n) is 0.340. The molecule has 0 aromatic heterocycles. The zero-order valence-corrected chi connectivity index (χ0v) is 4.07. The van der Waals surface area contributed by atoms with Gasteiger partial charge in [-0.05, 0) is 6.92 Å². The molecule has 0 radical (unpaired) electrons. The average Bonchev–Trinajstić information content (AvgIpc) is 1.36. The van der Waals surface area contributed by atoms with Gasteiger partial charge in [-0.15, -0.1) is 11.6 Å². The molecule has 1 unspecified atom stereocenters. The van der Waals surface area contributed by atoms with E-state index in [1.807, 2.05) is 0 Å². The summed E-state index contributed by atoms with van der Waals surface area (Å²) in [5.74, 6) is -0.975. The fraction of sp³-hybridized carbons (Fsp3) is 0.667. The van der Waals surface area contributed by atoms with E-state index in [1.54, 1.807) is 0 Å². The Bertz CT molecular complexity index is 64.0. The summed E-state index contributed by atoms with van der Waals surface area (Å²) < 4.78 is 0. The van der Waals surface area contributed by atoms with Gasteiger partial charge in [0.2, 0.25) is 0 Å². The first-order valence-electron chi connectivity index (χ1n) is 1.51. The van der Waals surface area contributed by atoms with E-state index in [9.17, 15) is 4.79 Å². The third kappa shape index (κ3) is 7.40. The number of carbonyl (C=O) groups is 1. The van der Waals surface area contributed by atoms with Crippen LogP contribution in [0.4, 0.5) is 0 Å². The number of aliphatic carboxylic acids is 1. The molecular weight excluding hydrogens is 143 g/mol. The van der Waals surface area contributed by atoms with E-state index < -0.39 is 11.3 Å². The Morgan fingerprint density at radius 1 is 1.86 bits per heavy atom. The second kappa shape index (κ2) is 5.53. The predicted molar refractivity (Wildman–Crippen MR) is 30.1 cm³/mol. The van der Waals surface area contributed by atoms with Gasteiger partial charge in [0, 0.05) is 0 Å². The van der Waals surface area contributed by atoms with Crippen molar-refractivity contribution in [2.75, 3.05) is 0 Å². The molecule has 0 saturated carbocycles. The van der Waals surface area contributed by atoms with Gasteiger partial charge in [0.1, 0.15) is 5.38 Å². The molecule has 0 saturated heterocycles. The molecule has 0 aromatic carbocycles. The van der Waals surface area contributed by atoms with Crippen LogP contribution >= 0.6 is 11.6 Å². The van der Waals surface area contributed by atoms with Gasteiger partial charge in [-0.1, -0.05) is 0 Å². The van der Waals surface area contributed by atoms with Crippen molar-refractivity contribution in [1.29, 1.82) is 0 Å². The maximum atomic E-state index is 9.57. The van der Waals surface area contributed by atoms with Gasteiger partial charge < -0.3 is 5.11 Å². The summed E-state index contributed by atoms with van der Waals surface area (Å²) in [6, 6.07) is 0. The van der Waals surface area contributed by atoms with Crippen LogP contribution in [0.1, 0.15) is 6.92 Å². The van der Waals surface area contributed by atoms with Gasteiger partial charge >= 0.3 is 57.4 Å². The molecule has 1 atom stereocenters. The van der Waals surface area contributed by atoms with Crippen molar-refractivity contribution in [2.45, 2.75) is 12.3 Å². The summed E-state index contributed by atoms with van der Waals surface area (Å²) in [6.07, 6.45) is 0. The molecule has 0 rings (SSSR count). The van der Waals surface area contributed by atoms with Crippen molar-refractivity contribution in [3.63, 3.8) is 0 Å². The Labute approximate surface area is 89.7 Å². The zero-order chi connectivity index (χ0) is 5.15. The Balaban J connectivity index is 0. The van der Waals surface area contributed by atoms with Crippen LogP contribution in [0.2, 0.25) is 0 Å². The van der Waals surface area contributed by atoms with Crippen molar-refractivity contribution < 1.29 is 9.90 Å². The second-order valence-electron chi connectivity index (χ2n) is 0.954. The van der Waals surface area contributed by atoms with Gasteiger partial charge in [-0.25, -0.2) is 0 Å². The van der Waals surface area contributed by atoms with Gasteiger partial charge in [-0.2, -0.15) is 0 Å². The first-order chi connectivity index (χ1) is 2.64. The van der Waals surface area contributed by atoms with E-state index in [2.05, 4.69) is 0 Å². The molecule has 0 aliphatic rings. The van der Waals surface area contributed by atoms with Crippen molar-refractivity contribution in [2.24, 2.45) is 0 Å². The summed E-state index contributed by atoms with van der Waals surface area (Å²) in [5.41, 5.74) is 0. The Kier molecular flexibility index (Phi) is 8.87. The number of rotatable bonds is 1. The van der Waals surface area contributed by atoms with Crippen LogP contribution < -0.4 is 0 Å². The molecule has 0 heterocycles. The van der Waals surface area contributed by atoms with Crippen molar-refractivity contribution in [1.82, 2.24) is 0 Å². The molecular formula is C3H6ClKO2. The standard InChI is InChI=1S/C3H5ClO2.K.H/c1-2(4)3(5)6;;/h2H,1H3,(H,5,6);;. The van der Waals surface area contributed by atoms with Crippen LogP contribution in [0, 0.1) is 0 Å². The summed E-state index contributed by atoms with van der Waals surface area (Å²) in [5, 5.41) is 7.10. The van der Waals surface area contributed by atoms with E-state index in [1.165, 1.54) is 6.92 Å². The molecule has 7 heavy (non-hydrogen) atoms. The fourth-order valence-corrected chi connectivity index (χ4v) is 0. The zero-order valence-electron chi connectivity index (χ0n) is 3.31. The minimum atomic E-state index is -0.975. The molecule has 1 N–H and O–H groups in total. The van der Waals surface area contributed by atoms with E-state index in [-0.39, 0.29) is 51.4 Å². The normalized spacial score (nSPS) is 11.7. The summed E-state index contributed by atoms with van der Waals surface area (Å²) in [6.45, 7) is 1.41.